The van der Waals surface area contributed by atoms with Crippen LogP contribution < -0.4 is 16.5 Å². The Bertz CT molecular complexity index is 433. The zero-order valence-electron chi connectivity index (χ0n) is 12.8. The maximum atomic E-state index is 12.2. The van der Waals surface area contributed by atoms with Gasteiger partial charge in [0.05, 0.1) is 17.8 Å². The Kier molecular flexibility index (Phi) is 6.51. The first kappa shape index (κ1) is 17.3. The highest BCUT2D eigenvalue weighted by Gasteiger charge is 2.29. The molecule has 1 aliphatic rings. The molecule has 5 N–H and O–H groups in total. The van der Waals surface area contributed by atoms with Crippen molar-refractivity contribution in [2.24, 2.45) is 5.73 Å². The lowest BCUT2D eigenvalue weighted by atomic mass is 10.1. The number of hydrogen-bond donors (Lipinski definition) is 4. The van der Waals surface area contributed by atoms with Crippen molar-refractivity contribution in [1.29, 1.82) is 5.41 Å². The first-order chi connectivity index (χ1) is 9.86. The van der Waals surface area contributed by atoms with E-state index in [0.29, 0.717) is 18.7 Å². The topological polar surface area (TPSA) is 111 Å². The van der Waals surface area contributed by atoms with E-state index in [1.807, 2.05) is 6.92 Å². The molecule has 0 aliphatic carbocycles. The summed E-state index contributed by atoms with van der Waals surface area (Å²) < 4.78 is 0. The Labute approximate surface area is 125 Å². The number of carbonyl (C=O) groups excluding carboxylic acids is 2. The second-order valence-electron chi connectivity index (χ2n) is 5.29. The number of hydrazine groups is 1. The van der Waals surface area contributed by atoms with E-state index in [0.717, 1.165) is 6.42 Å². The fourth-order valence-electron chi connectivity index (χ4n) is 2.10. The summed E-state index contributed by atoms with van der Waals surface area (Å²) in [4.78, 5) is 24.0. The van der Waals surface area contributed by atoms with Crippen molar-refractivity contribution in [2.45, 2.75) is 51.7 Å². The Morgan fingerprint density at radius 2 is 2.14 bits per heavy atom. The van der Waals surface area contributed by atoms with Gasteiger partial charge in [-0.15, -0.1) is 0 Å². The summed E-state index contributed by atoms with van der Waals surface area (Å²) in [6, 6.07) is -1.43. The van der Waals surface area contributed by atoms with E-state index in [1.165, 1.54) is 5.01 Å². The van der Waals surface area contributed by atoms with Crippen LogP contribution in [0.4, 0.5) is 0 Å². The van der Waals surface area contributed by atoms with Crippen LogP contribution in [-0.2, 0) is 9.59 Å². The molecule has 1 fully saturated rings. The summed E-state index contributed by atoms with van der Waals surface area (Å²) in [5, 5.41) is 12.0. The van der Waals surface area contributed by atoms with Gasteiger partial charge in [-0.05, 0) is 39.7 Å². The lowest BCUT2D eigenvalue weighted by Crippen LogP contribution is -2.60. The highest BCUT2D eigenvalue weighted by atomic mass is 16.2. The third-order valence-electron chi connectivity index (χ3n) is 3.33. The van der Waals surface area contributed by atoms with E-state index in [-0.39, 0.29) is 17.9 Å². The van der Waals surface area contributed by atoms with Crippen molar-refractivity contribution in [3.05, 3.63) is 12.2 Å². The quantitative estimate of drug-likeness (QED) is 0.532. The summed E-state index contributed by atoms with van der Waals surface area (Å²) in [6.07, 6.45) is 4.79. The van der Waals surface area contributed by atoms with Crippen LogP contribution in [0.25, 0.3) is 0 Å². The van der Waals surface area contributed by atoms with Crippen LogP contribution in [0.15, 0.2) is 12.2 Å². The van der Waals surface area contributed by atoms with Gasteiger partial charge in [0.1, 0.15) is 6.04 Å². The van der Waals surface area contributed by atoms with Gasteiger partial charge in [-0.3, -0.25) is 14.6 Å². The molecule has 3 unspecified atom stereocenters. The Hall–Kier alpha value is -1.73. The van der Waals surface area contributed by atoms with E-state index >= 15 is 0 Å². The van der Waals surface area contributed by atoms with Crippen LogP contribution in [0.2, 0.25) is 0 Å². The molecule has 1 saturated heterocycles. The van der Waals surface area contributed by atoms with E-state index in [4.69, 9.17) is 11.1 Å². The zero-order chi connectivity index (χ0) is 16.0. The maximum Gasteiger partial charge on any atom is 0.253 e. The average Bonchev–Trinajstić information content (AvgIpc) is 2.46. The molecule has 0 spiro atoms. The van der Waals surface area contributed by atoms with Gasteiger partial charge in [0.15, 0.2) is 0 Å². The number of rotatable bonds is 5. The van der Waals surface area contributed by atoms with Gasteiger partial charge in [0.2, 0.25) is 5.91 Å². The second kappa shape index (κ2) is 7.90. The van der Waals surface area contributed by atoms with Gasteiger partial charge < -0.3 is 16.5 Å². The van der Waals surface area contributed by atoms with Crippen molar-refractivity contribution >= 4 is 17.5 Å². The SMILES string of the molecule is CC=CC(=N)C(C)NC(=O)C1CCCN(C(=O)C(C)N)N1. The molecule has 0 aromatic carbocycles. The van der Waals surface area contributed by atoms with Crippen LogP contribution in [0, 0.1) is 5.41 Å². The van der Waals surface area contributed by atoms with Crippen molar-refractivity contribution in [2.75, 3.05) is 6.54 Å². The molecule has 118 valence electrons. The predicted octanol–water partition coefficient (Wildman–Crippen LogP) is -0.0702. The van der Waals surface area contributed by atoms with Crippen LogP contribution in [0.5, 0.6) is 0 Å². The van der Waals surface area contributed by atoms with E-state index in [1.54, 1.807) is 26.0 Å². The van der Waals surface area contributed by atoms with Crippen LogP contribution in [0.3, 0.4) is 0 Å². The Morgan fingerprint density at radius 1 is 1.48 bits per heavy atom. The summed E-state index contributed by atoms with van der Waals surface area (Å²) in [5.41, 5.74) is 8.83. The molecule has 2 amide bonds. The minimum Gasteiger partial charge on any atom is -0.347 e. The monoisotopic (exact) mass is 295 g/mol. The zero-order valence-corrected chi connectivity index (χ0v) is 12.8. The number of amides is 2. The average molecular weight is 295 g/mol. The molecule has 0 aromatic rings. The highest BCUT2D eigenvalue weighted by molar-refractivity contribution is 5.99. The third kappa shape index (κ3) is 4.95. The smallest absolute Gasteiger partial charge is 0.253 e. The lowest BCUT2D eigenvalue weighted by molar-refractivity contribution is -0.140. The summed E-state index contributed by atoms with van der Waals surface area (Å²) in [5.74, 6) is -0.430. The van der Waals surface area contributed by atoms with Crippen molar-refractivity contribution < 1.29 is 9.59 Å². The molecule has 21 heavy (non-hydrogen) atoms. The van der Waals surface area contributed by atoms with Crippen LogP contribution >= 0.6 is 0 Å². The van der Waals surface area contributed by atoms with E-state index < -0.39 is 12.1 Å². The maximum absolute atomic E-state index is 12.2. The molecule has 1 aliphatic heterocycles. The lowest BCUT2D eigenvalue weighted by Gasteiger charge is -2.34. The molecule has 0 radical (unpaired) electrons. The minimum atomic E-state index is -0.596. The molecule has 0 bridgehead atoms. The fourth-order valence-corrected chi connectivity index (χ4v) is 2.10. The molecule has 1 rings (SSSR count). The molecule has 1 heterocycles. The minimum absolute atomic E-state index is 0.209. The standard InChI is InChI=1S/C14H25N5O2/c1-4-6-11(16)10(3)17-13(20)12-7-5-8-19(18-12)14(21)9(2)15/h4,6,9-10,12,16,18H,5,7-8,15H2,1-3H3,(H,17,20). The highest BCUT2D eigenvalue weighted by Crippen LogP contribution is 2.09. The number of allylic oxidation sites excluding steroid dienone is 1. The number of hydrogen-bond acceptors (Lipinski definition) is 5. The predicted molar refractivity (Wildman–Crippen MR) is 81.7 cm³/mol. The number of carbonyl (C=O) groups is 2. The van der Waals surface area contributed by atoms with E-state index in [2.05, 4.69) is 10.7 Å². The number of nitrogens with zero attached hydrogens (tertiary/aromatic N) is 1. The van der Waals surface area contributed by atoms with E-state index in [9.17, 15) is 9.59 Å². The molecular formula is C14H25N5O2. The molecule has 0 saturated carbocycles. The van der Waals surface area contributed by atoms with Gasteiger partial charge in [0.25, 0.3) is 5.91 Å². The van der Waals surface area contributed by atoms with Gasteiger partial charge in [-0.25, -0.2) is 5.43 Å². The first-order valence-electron chi connectivity index (χ1n) is 7.21. The van der Waals surface area contributed by atoms with Gasteiger partial charge >= 0.3 is 0 Å². The molecule has 7 heteroatoms. The Morgan fingerprint density at radius 3 is 2.71 bits per heavy atom. The Balaban J connectivity index is 2.58. The first-order valence-corrected chi connectivity index (χ1v) is 7.21. The molecular weight excluding hydrogens is 270 g/mol. The summed E-state index contributed by atoms with van der Waals surface area (Å²) in [6.45, 7) is 5.75. The summed E-state index contributed by atoms with van der Waals surface area (Å²) in [7, 11) is 0. The van der Waals surface area contributed by atoms with Crippen molar-refractivity contribution in [1.82, 2.24) is 15.8 Å². The summed E-state index contributed by atoms with van der Waals surface area (Å²) >= 11 is 0. The van der Waals surface area contributed by atoms with Gasteiger partial charge in [-0.2, -0.15) is 0 Å². The van der Waals surface area contributed by atoms with Crippen molar-refractivity contribution in [3.63, 3.8) is 0 Å². The molecule has 7 nitrogen and oxygen atoms in total. The second-order valence-corrected chi connectivity index (χ2v) is 5.29. The van der Waals surface area contributed by atoms with Crippen LogP contribution in [-0.4, -0.2) is 47.2 Å². The number of nitrogens with two attached hydrogens (primary N) is 1. The van der Waals surface area contributed by atoms with Gasteiger partial charge in [0, 0.05) is 6.54 Å². The number of nitrogens with one attached hydrogen (secondary N) is 3. The molecule has 0 aromatic heterocycles. The van der Waals surface area contributed by atoms with Crippen LogP contribution in [0.1, 0.15) is 33.6 Å². The largest absolute Gasteiger partial charge is 0.347 e. The van der Waals surface area contributed by atoms with Crippen molar-refractivity contribution in [3.8, 4) is 0 Å². The molecule has 3 atom stereocenters. The normalized spacial score (nSPS) is 21.9. The fraction of sp³-hybridized carbons (Fsp3) is 0.643. The third-order valence-corrected chi connectivity index (χ3v) is 3.33. The van der Waals surface area contributed by atoms with Gasteiger partial charge in [-0.1, -0.05) is 6.08 Å².